The van der Waals surface area contributed by atoms with E-state index in [-0.39, 0.29) is 18.6 Å². The number of hydrogen-bond acceptors (Lipinski definition) is 6. The minimum atomic E-state index is -0.737. The minimum Gasteiger partial charge on any atom is -0.456 e. The lowest BCUT2D eigenvalue weighted by molar-refractivity contribution is -0.148. The van der Waals surface area contributed by atoms with Crippen molar-refractivity contribution in [1.29, 1.82) is 0 Å². The number of carbonyl (C=O) groups excluding carboxylic acids is 4. The van der Waals surface area contributed by atoms with Crippen LogP contribution in [0.3, 0.4) is 0 Å². The van der Waals surface area contributed by atoms with Crippen LogP contribution >= 0.6 is 11.8 Å². The molecule has 1 rings (SSSR count). The lowest BCUT2D eigenvalue weighted by Gasteiger charge is -2.20. The maximum atomic E-state index is 12.0. The van der Waals surface area contributed by atoms with Gasteiger partial charge in [-0.05, 0) is 39.2 Å². The van der Waals surface area contributed by atoms with Gasteiger partial charge in [-0.15, -0.1) is 11.8 Å². The van der Waals surface area contributed by atoms with E-state index in [1.807, 2.05) is 18.4 Å². The molecule has 26 heavy (non-hydrogen) atoms. The van der Waals surface area contributed by atoms with Gasteiger partial charge in [0, 0.05) is 22.4 Å². The van der Waals surface area contributed by atoms with Gasteiger partial charge in [-0.2, -0.15) is 0 Å². The molecule has 142 valence electrons. The third-order valence-corrected chi connectivity index (χ3v) is 3.82. The quantitative estimate of drug-likeness (QED) is 0.428. The smallest absolute Gasteiger partial charge is 0.321 e. The van der Waals surface area contributed by atoms with Crippen molar-refractivity contribution in [1.82, 2.24) is 10.6 Å². The first-order chi connectivity index (χ1) is 12.1. The van der Waals surface area contributed by atoms with Crippen LogP contribution in [0.1, 0.15) is 44.0 Å². The summed E-state index contributed by atoms with van der Waals surface area (Å²) in [4.78, 5) is 47.7. The molecule has 0 saturated carbocycles. The van der Waals surface area contributed by atoms with E-state index in [0.717, 1.165) is 4.90 Å². The Bertz CT molecular complexity index is 665. The third-order valence-electron chi connectivity index (χ3n) is 3.07. The van der Waals surface area contributed by atoms with E-state index < -0.39 is 30.1 Å². The number of Topliss-reactive ketones (excluding diaryl/α,β-unsaturated/α-hetero) is 1. The number of esters is 1. The van der Waals surface area contributed by atoms with Gasteiger partial charge in [0.25, 0.3) is 5.91 Å². The van der Waals surface area contributed by atoms with Crippen LogP contribution in [0.15, 0.2) is 29.2 Å². The molecule has 0 aliphatic rings. The second-order valence-corrected chi connectivity index (χ2v) is 7.44. The molecule has 1 aromatic rings. The van der Waals surface area contributed by atoms with E-state index in [1.54, 1.807) is 44.7 Å². The van der Waals surface area contributed by atoms with E-state index in [0.29, 0.717) is 5.56 Å². The highest BCUT2D eigenvalue weighted by molar-refractivity contribution is 7.98. The van der Waals surface area contributed by atoms with Gasteiger partial charge in [-0.1, -0.05) is 12.1 Å². The van der Waals surface area contributed by atoms with Crippen molar-refractivity contribution in [3.8, 4) is 0 Å². The highest BCUT2D eigenvalue weighted by atomic mass is 32.2. The van der Waals surface area contributed by atoms with Crippen molar-refractivity contribution in [3.63, 3.8) is 0 Å². The predicted octanol–water partition coefficient (Wildman–Crippen LogP) is 2.54. The molecular weight excluding hydrogens is 356 g/mol. The molecule has 0 heterocycles. The number of rotatable bonds is 7. The average molecular weight is 380 g/mol. The second kappa shape index (κ2) is 9.96. The zero-order valence-electron chi connectivity index (χ0n) is 15.4. The number of ether oxygens (including phenoxy) is 1. The SMILES string of the molecule is CSc1ccc(C(=O)CCC(=O)OCC(=O)NC(=O)NC(C)(C)C)cc1. The number of thioether (sulfide) groups is 1. The van der Waals surface area contributed by atoms with Gasteiger partial charge in [0.2, 0.25) is 0 Å². The van der Waals surface area contributed by atoms with Crippen LogP contribution < -0.4 is 10.6 Å². The summed E-state index contributed by atoms with van der Waals surface area (Å²) in [7, 11) is 0. The molecular formula is C18H24N2O5S. The van der Waals surface area contributed by atoms with Gasteiger partial charge in [-0.25, -0.2) is 4.79 Å². The summed E-state index contributed by atoms with van der Waals surface area (Å²) in [6, 6.07) is 6.43. The van der Waals surface area contributed by atoms with Gasteiger partial charge in [0.05, 0.1) is 6.42 Å². The maximum Gasteiger partial charge on any atom is 0.321 e. The molecule has 8 heteroatoms. The summed E-state index contributed by atoms with van der Waals surface area (Å²) in [6.45, 7) is 4.72. The fourth-order valence-corrected chi connectivity index (χ4v) is 2.30. The average Bonchev–Trinajstić information content (AvgIpc) is 2.56. The Kier molecular flexibility index (Phi) is 8.31. The molecule has 0 atom stereocenters. The van der Waals surface area contributed by atoms with Crippen molar-refractivity contribution in [2.45, 2.75) is 44.0 Å². The Morgan fingerprint density at radius 2 is 1.65 bits per heavy atom. The predicted molar refractivity (Wildman–Crippen MR) is 99.2 cm³/mol. The standard InChI is InChI=1S/C18H24N2O5S/c1-18(2,3)20-17(24)19-15(22)11-25-16(23)10-9-14(21)12-5-7-13(26-4)8-6-12/h5-8H,9-11H2,1-4H3,(H2,19,20,22,24). The van der Waals surface area contributed by atoms with Crippen LogP contribution in [-0.2, 0) is 14.3 Å². The number of nitrogens with one attached hydrogen (secondary N) is 2. The van der Waals surface area contributed by atoms with E-state index in [1.165, 1.54) is 0 Å². The Morgan fingerprint density at radius 1 is 1.04 bits per heavy atom. The van der Waals surface area contributed by atoms with Crippen molar-refractivity contribution in [2.24, 2.45) is 0 Å². The Labute approximate surface area is 157 Å². The number of carbonyl (C=O) groups is 4. The zero-order valence-corrected chi connectivity index (χ0v) is 16.2. The molecule has 1 aromatic carbocycles. The number of amides is 3. The summed E-state index contributed by atoms with van der Waals surface area (Å²) in [5, 5.41) is 4.60. The summed E-state index contributed by atoms with van der Waals surface area (Å²) < 4.78 is 4.77. The van der Waals surface area contributed by atoms with Crippen LogP contribution in [-0.4, -0.2) is 42.1 Å². The van der Waals surface area contributed by atoms with Crippen molar-refractivity contribution in [3.05, 3.63) is 29.8 Å². The molecule has 0 aromatic heterocycles. The van der Waals surface area contributed by atoms with Crippen LogP contribution in [0.2, 0.25) is 0 Å². The van der Waals surface area contributed by atoms with Crippen LogP contribution in [0.25, 0.3) is 0 Å². The Morgan fingerprint density at radius 3 is 2.19 bits per heavy atom. The summed E-state index contributed by atoms with van der Waals surface area (Å²) in [5.41, 5.74) is 0.0299. The van der Waals surface area contributed by atoms with Crippen molar-refractivity contribution < 1.29 is 23.9 Å². The van der Waals surface area contributed by atoms with Gasteiger partial charge < -0.3 is 10.1 Å². The number of hydrogen-bond donors (Lipinski definition) is 2. The highest BCUT2D eigenvalue weighted by Crippen LogP contribution is 2.16. The highest BCUT2D eigenvalue weighted by Gasteiger charge is 2.17. The first kappa shape index (κ1) is 21.7. The molecule has 3 amide bonds. The van der Waals surface area contributed by atoms with E-state index in [9.17, 15) is 19.2 Å². The normalized spacial score (nSPS) is 10.8. The Balaban J connectivity index is 2.32. The Hall–Kier alpha value is -2.35. The third kappa shape index (κ3) is 8.66. The van der Waals surface area contributed by atoms with Gasteiger partial charge in [0.15, 0.2) is 12.4 Å². The summed E-state index contributed by atoms with van der Waals surface area (Å²) >= 11 is 1.57. The molecule has 0 aliphatic heterocycles. The molecule has 0 saturated heterocycles. The number of imide groups is 1. The van der Waals surface area contributed by atoms with Crippen LogP contribution in [0.4, 0.5) is 4.79 Å². The first-order valence-electron chi connectivity index (χ1n) is 8.05. The van der Waals surface area contributed by atoms with Crippen molar-refractivity contribution in [2.75, 3.05) is 12.9 Å². The lowest BCUT2D eigenvalue weighted by atomic mass is 10.1. The van der Waals surface area contributed by atoms with Crippen LogP contribution in [0.5, 0.6) is 0 Å². The molecule has 2 N–H and O–H groups in total. The van der Waals surface area contributed by atoms with Gasteiger partial charge in [-0.3, -0.25) is 19.7 Å². The molecule has 0 spiro atoms. The van der Waals surface area contributed by atoms with E-state index in [2.05, 4.69) is 10.6 Å². The van der Waals surface area contributed by atoms with Crippen LogP contribution in [0, 0.1) is 0 Å². The minimum absolute atomic E-state index is 0.0103. The largest absolute Gasteiger partial charge is 0.456 e. The second-order valence-electron chi connectivity index (χ2n) is 6.56. The fraction of sp³-hybridized carbons (Fsp3) is 0.444. The molecule has 0 bridgehead atoms. The van der Waals surface area contributed by atoms with Crippen molar-refractivity contribution >= 4 is 35.5 Å². The zero-order chi connectivity index (χ0) is 19.7. The fourth-order valence-electron chi connectivity index (χ4n) is 1.89. The topological polar surface area (TPSA) is 102 Å². The first-order valence-corrected chi connectivity index (χ1v) is 9.28. The number of benzene rings is 1. The van der Waals surface area contributed by atoms with E-state index >= 15 is 0 Å². The van der Waals surface area contributed by atoms with E-state index in [4.69, 9.17) is 4.74 Å². The number of urea groups is 1. The molecule has 0 fully saturated rings. The molecule has 7 nitrogen and oxygen atoms in total. The maximum absolute atomic E-state index is 12.0. The molecule has 0 aliphatic carbocycles. The number of ketones is 1. The summed E-state index contributed by atoms with van der Waals surface area (Å²) in [5.74, 6) is -1.59. The lowest BCUT2D eigenvalue weighted by Crippen LogP contribution is -2.49. The molecule has 0 radical (unpaired) electrons. The summed E-state index contributed by atoms with van der Waals surface area (Å²) in [6.07, 6.45) is 1.80. The monoisotopic (exact) mass is 380 g/mol. The molecule has 0 unspecified atom stereocenters. The van der Waals surface area contributed by atoms with Gasteiger partial charge >= 0.3 is 12.0 Å². The van der Waals surface area contributed by atoms with Gasteiger partial charge in [0.1, 0.15) is 0 Å².